The molecule has 3 rings (SSSR count). The standard InChI is InChI=1S/C21H20N2O2S/c1-3-14-23(20(24)17-12-8-9-13-19(17)25-4-2)21-22-18(15-26-21)16-10-6-5-7-11-16/h3,5-13,15H,1,4,14H2,2H3. The fourth-order valence-corrected chi connectivity index (χ4v) is 3.42. The van der Waals surface area contributed by atoms with Crippen molar-refractivity contribution in [2.24, 2.45) is 0 Å². The van der Waals surface area contributed by atoms with E-state index in [1.807, 2.05) is 54.8 Å². The van der Waals surface area contributed by atoms with E-state index in [1.54, 1.807) is 23.1 Å². The van der Waals surface area contributed by atoms with Crippen molar-refractivity contribution in [2.75, 3.05) is 18.1 Å². The van der Waals surface area contributed by atoms with Gasteiger partial charge >= 0.3 is 0 Å². The van der Waals surface area contributed by atoms with E-state index in [0.717, 1.165) is 11.3 Å². The predicted molar refractivity (Wildman–Crippen MR) is 107 cm³/mol. The van der Waals surface area contributed by atoms with Crippen molar-refractivity contribution in [3.05, 3.63) is 78.2 Å². The molecule has 0 saturated carbocycles. The molecule has 1 heterocycles. The van der Waals surface area contributed by atoms with Crippen LogP contribution in [0.2, 0.25) is 0 Å². The molecule has 132 valence electrons. The second-order valence-corrected chi connectivity index (χ2v) is 6.35. The van der Waals surface area contributed by atoms with E-state index in [4.69, 9.17) is 4.74 Å². The number of hydrogen-bond acceptors (Lipinski definition) is 4. The van der Waals surface area contributed by atoms with Crippen LogP contribution in [-0.4, -0.2) is 24.0 Å². The van der Waals surface area contributed by atoms with Crippen LogP contribution in [0.15, 0.2) is 72.6 Å². The predicted octanol–water partition coefficient (Wildman–Crippen LogP) is 5.04. The summed E-state index contributed by atoms with van der Waals surface area (Å²) < 4.78 is 5.61. The lowest BCUT2D eigenvalue weighted by molar-refractivity contribution is 0.0986. The first-order valence-corrected chi connectivity index (χ1v) is 9.28. The first kappa shape index (κ1) is 17.9. The van der Waals surface area contributed by atoms with Gasteiger partial charge in [-0.25, -0.2) is 4.98 Å². The van der Waals surface area contributed by atoms with Crippen molar-refractivity contribution in [2.45, 2.75) is 6.92 Å². The Morgan fingerprint density at radius 3 is 2.65 bits per heavy atom. The summed E-state index contributed by atoms with van der Waals surface area (Å²) in [6, 6.07) is 17.2. The maximum Gasteiger partial charge on any atom is 0.264 e. The molecule has 26 heavy (non-hydrogen) atoms. The summed E-state index contributed by atoms with van der Waals surface area (Å²) in [6.45, 7) is 6.55. The molecule has 0 aliphatic rings. The SMILES string of the molecule is C=CCN(C(=O)c1ccccc1OCC)c1nc(-c2ccccc2)cs1. The largest absolute Gasteiger partial charge is 0.493 e. The fraction of sp³-hybridized carbons (Fsp3) is 0.143. The van der Waals surface area contributed by atoms with Crippen LogP contribution in [0.4, 0.5) is 5.13 Å². The number of hydrogen-bond donors (Lipinski definition) is 0. The van der Waals surface area contributed by atoms with Crippen LogP contribution < -0.4 is 9.64 Å². The number of ether oxygens (including phenoxy) is 1. The van der Waals surface area contributed by atoms with E-state index in [-0.39, 0.29) is 5.91 Å². The van der Waals surface area contributed by atoms with Crippen LogP contribution in [0.5, 0.6) is 5.75 Å². The molecule has 2 aromatic carbocycles. The normalized spacial score (nSPS) is 10.3. The number of benzene rings is 2. The van der Waals surface area contributed by atoms with Crippen molar-refractivity contribution < 1.29 is 9.53 Å². The summed E-state index contributed by atoms with van der Waals surface area (Å²) >= 11 is 1.44. The van der Waals surface area contributed by atoms with Gasteiger partial charge in [-0.3, -0.25) is 9.69 Å². The fourth-order valence-electron chi connectivity index (χ4n) is 2.58. The number of aromatic nitrogens is 1. The molecule has 0 spiro atoms. The number of anilines is 1. The average Bonchev–Trinajstić information content (AvgIpc) is 3.17. The number of nitrogens with zero attached hydrogens (tertiary/aromatic N) is 2. The van der Waals surface area contributed by atoms with Crippen LogP contribution in [-0.2, 0) is 0 Å². The summed E-state index contributed by atoms with van der Waals surface area (Å²) in [7, 11) is 0. The summed E-state index contributed by atoms with van der Waals surface area (Å²) in [4.78, 5) is 19.4. The highest BCUT2D eigenvalue weighted by Gasteiger charge is 2.22. The second-order valence-electron chi connectivity index (χ2n) is 5.51. The van der Waals surface area contributed by atoms with Crippen LogP contribution in [0, 0.1) is 0 Å². The Bertz CT molecular complexity index is 890. The lowest BCUT2D eigenvalue weighted by Crippen LogP contribution is -2.31. The summed E-state index contributed by atoms with van der Waals surface area (Å²) in [6.07, 6.45) is 1.70. The number of carbonyl (C=O) groups is 1. The van der Waals surface area contributed by atoms with Crippen molar-refractivity contribution in [3.63, 3.8) is 0 Å². The van der Waals surface area contributed by atoms with Gasteiger partial charge in [-0.1, -0.05) is 48.5 Å². The molecular formula is C21H20N2O2S. The quantitative estimate of drug-likeness (QED) is 0.552. The van der Waals surface area contributed by atoms with E-state index < -0.39 is 0 Å². The zero-order valence-electron chi connectivity index (χ0n) is 14.6. The Balaban J connectivity index is 1.94. The third kappa shape index (κ3) is 3.83. The van der Waals surface area contributed by atoms with E-state index in [1.165, 1.54) is 11.3 Å². The van der Waals surface area contributed by atoms with Gasteiger partial charge in [0.15, 0.2) is 5.13 Å². The van der Waals surface area contributed by atoms with Gasteiger partial charge in [-0.2, -0.15) is 0 Å². The van der Waals surface area contributed by atoms with Crippen LogP contribution >= 0.6 is 11.3 Å². The molecule has 1 amide bonds. The highest BCUT2D eigenvalue weighted by atomic mass is 32.1. The van der Waals surface area contributed by atoms with Gasteiger partial charge in [0.2, 0.25) is 0 Å². The van der Waals surface area contributed by atoms with Crippen LogP contribution in [0.3, 0.4) is 0 Å². The number of thiazole rings is 1. The van der Waals surface area contributed by atoms with Gasteiger partial charge in [0.25, 0.3) is 5.91 Å². The Morgan fingerprint density at radius 2 is 1.92 bits per heavy atom. The van der Waals surface area contributed by atoms with E-state index in [9.17, 15) is 4.79 Å². The number of rotatable bonds is 7. The molecule has 3 aromatic rings. The van der Waals surface area contributed by atoms with Crippen molar-refractivity contribution >= 4 is 22.4 Å². The van der Waals surface area contributed by atoms with Gasteiger partial charge in [-0.15, -0.1) is 17.9 Å². The first-order chi connectivity index (χ1) is 12.7. The number of carbonyl (C=O) groups excluding carboxylic acids is 1. The molecule has 0 aliphatic carbocycles. The molecule has 0 unspecified atom stereocenters. The molecule has 0 atom stereocenters. The Morgan fingerprint density at radius 1 is 1.19 bits per heavy atom. The molecule has 0 N–H and O–H groups in total. The Kier molecular flexibility index (Phi) is 5.81. The first-order valence-electron chi connectivity index (χ1n) is 8.40. The molecule has 0 bridgehead atoms. The zero-order valence-corrected chi connectivity index (χ0v) is 15.4. The van der Waals surface area contributed by atoms with E-state index >= 15 is 0 Å². The molecule has 1 aromatic heterocycles. The number of amides is 1. The van der Waals surface area contributed by atoms with Gasteiger partial charge in [0.05, 0.1) is 17.9 Å². The average molecular weight is 364 g/mol. The molecule has 4 nitrogen and oxygen atoms in total. The minimum atomic E-state index is -0.150. The zero-order chi connectivity index (χ0) is 18.4. The minimum absolute atomic E-state index is 0.150. The van der Waals surface area contributed by atoms with Gasteiger partial charge in [0, 0.05) is 17.5 Å². The van der Waals surface area contributed by atoms with Crippen LogP contribution in [0.1, 0.15) is 17.3 Å². The van der Waals surface area contributed by atoms with E-state index in [2.05, 4.69) is 11.6 Å². The highest BCUT2D eigenvalue weighted by molar-refractivity contribution is 7.14. The summed E-state index contributed by atoms with van der Waals surface area (Å²) in [5.74, 6) is 0.428. The molecule has 0 aliphatic heterocycles. The minimum Gasteiger partial charge on any atom is -0.493 e. The molecule has 0 radical (unpaired) electrons. The molecule has 0 saturated heterocycles. The highest BCUT2D eigenvalue weighted by Crippen LogP contribution is 2.29. The van der Waals surface area contributed by atoms with Gasteiger partial charge < -0.3 is 4.74 Å². The number of para-hydroxylation sites is 1. The van der Waals surface area contributed by atoms with Gasteiger partial charge in [-0.05, 0) is 19.1 Å². The Labute approximate surface area is 157 Å². The lowest BCUT2D eigenvalue weighted by Gasteiger charge is -2.19. The monoisotopic (exact) mass is 364 g/mol. The summed E-state index contributed by atoms with van der Waals surface area (Å²) in [5, 5.41) is 2.60. The van der Waals surface area contributed by atoms with E-state index in [0.29, 0.717) is 29.6 Å². The Hall–Kier alpha value is -2.92. The maximum absolute atomic E-state index is 13.1. The van der Waals surface area contributed by atoms with Crippen LogP contribution in [0.25, 0.3) is 11.3 Å². The van der Waals surface area contributed by atoms with Crippen molar-refractivity contribution in [1.82, 2.24) is 4.98 Å². The third-order valence-corrected chi connectivity index (χ3v) is 4.63. The lowest BCUT2D eigenvalue weighted by atomic mass is 10.1. The summed E-state index contributed by atoms with van der Waals surface area (Å²) in [5.41, 5.74) is 2.40. The second kappa shape index (κ2) is 8.45. The van der Waals surface area contributed by atoms with Crippen molar-refractivity contribution in [3.8, 4) is 17.0 Å². The molecular weight excluding hydrogens is 344 g/mol. The maximum atomic E-state index is 13.1. The van der Waals surface area contributed by atoms with Crippen molar-refractivity contribution in [1.29, 1.82) is 0 Å². The van der Waals surface area contributed by atoms with Gasteiger partial charge in [0.1, 0.15) is 5.75 Å². The smallest absolute Gasteiger partial charge is 0.264 e. The molecule has 0 fully saturated rings. The third-order valence-electron chi connectivity index (χ3n) is 3.77. The molecule has 5 heteroatoms. The topological polar surface area (TPSA) is 42.4 Å².